The molecule has 0 aliphatic heterocycles. The van der Waals surface area contributed by atoms with E-state index >= 15 is 0 Å². The molecule has 0 spiro atoms. The van der Waals surface area contributed by atoms with E-state index in [1.165, 1.54) is 29.8 Å². The van der Waals surface area contributed by atoms with Crippen molar-refractivity contribution in [2.24, 2.45) is 5.92 Å². The van der Waals surface area contributed by atoms with Gasteiger partial charge in [0.05, 0.1) is 22.9 Å². The first-order valence-electron chi connectivity index (χ1n) is 6.88. The highest BCUT2D eigenvalue weighted by molar-refractivity contribution is 7.09. The van der Waals surface area contributed by atoms with E-state index in [0.717, 1.165) is 18.2 Å². The van der Waals surface area contributed by atoms with E-state index in [4.69, 9.17) is 0 Å². The van der Waals surface area contributed by atoms with Crippen molar-refractivity contribution >= 4 is 11.3 Å². The normalized spacial score (nSPS) is 17.1. The highest BCUT2D eigenvalue weighted by atomic mass is 32.1. The zero-order valence-electron chi connectivity index (χ0n) is 11.2. The molecule has 100 valence electrons. The minimum atomic E-state index is 0.386. The minimum Gasteiger partial charge on any atom is -0.303 e. The summed E-state index contributed by atoms with van der Waals surface area (Å²) in [5, 5.41) is 3.69. The number of rotatable bonds is 5. The summed E-state index contributed by atoms with van der Waals surface area (Å²) in [5.41, 5.74) is 4.24. The fourth-order valence-corrected chi connectivity index (χ4v) is 3.27. The predicted octanol–water partition coefficient (Wildman–Crippen LogP) is 3.48. The molecule has 2 aromatic heterocycles. The summed E-state index contributed by atoms with van der Waals surface area (Å²) in [6, 6.07) is 6.58. The number of nitrogens with zero attached hydrogens (tertiary/aromatic N) is 2. The summed E-state index contributed by atoms with van der Waals surface area (Å²) < 4.78 is 0. The Hall–Kier alpha value is -1.26. The van der Waals surface area contributed by atoms with E-state index in [0.29, 0.717) is 6.04 Å². The zero-order valence-corrected chi connectivity index (χ0v) is 12.0. The van der Waals surface area contributed by atoms with Crippen LogP contribution in [0.3, 0.4) is 0 Å². The number of nitrogens with one attached hydrogen (secondary N) is 1. The third-order valence-corrected chi connectivity index (χ3v) is 4.89. The molecular weight excluding hydrogens is 254 g/mol. The third kappa shape index (κ3) is 2.85. The minimum absolute atomic E-state index is 0.386. The molecule has 0 saturated heterocycles. The number of hydrogen-bond acceptors (Lipinski definition) is 4. The van der Waals surface area contributed by atoms with Crippen LogP contribution in [-0.2, 0) is 6.54 Å². The number of hydrogen-bond donors (Lipinski definition) is 1. The van der Waals surface area contributed by atoms with E-state index in [2.05, 4.69) is 34.3 Å². The van der Waals surface area contributed by atoms with Gasteiger partial charge in [0, 0.05) is 17.6 Å². The molecule has 0 radical (unpaired) electrons. The quantitative estimate of drug-likeness (QED) is 0.906. The molecule has 1 atom stereocenters. The summed E-state index contributed by atoms with van der Waals surface area (Å²) in [6.45, 7) is 2.97. The van der Waals surface area contributed by atoms with E-state index in [1.54, 1.807) is 11.3 Å². The Bertz CT molecular complexity index is 519. The van der Waals surface area contributed by atoms with Gasteiger partial charge in [-0.3, -0.25) is 4.98 Å². The Labute approximate surface area is 118 Å². The van der Waals surface area contributed by atoms with Crippen LogP contribution in [0.2, 0.25) is 0 Å². The molecule has 1 aliphatic rings. The molecule has 2 heterocycles. The topological polar surface area (TPSA) is 37.8 Å². The van der Waals surface area contributed by atoms with Crippen molar-refractivity contribution in [2.45, 2.75) is 38.8 Å². The van der Waals surface area contributed by atoms with Crippen molar-refractivity contribution in [3.8, 4) is 0 Å². The van der Waals surface area contributed by atoms with Crippen molar-refractivity contribution in [1.29, 1.82) is 0 Å². The first kappa shape index (κ1) is 12.8. The average Bonchev–Trinajstić information content (AvgIpc) is 2.79. The van der Waals surface area contributed by atoms with Crippen LogP contribution in [0.25, 0.3) is 0 Å². The van der Waals surface area contributed by atoms with Gasteiger partial charge in [0.25, 0.3) is 0 Å². The van der Waals surface area contributed by atoms with E-state index in [9.17, 15) is 0 Å². The van der Waals surface area contributed by atoms with Crippen LogP contribution >= 0.6 is 11.3 Å². The summed E-state index contributed by atoms with van der Waals surface area (Å²) in [5.74, 6) is 0.739. The third-order valence-electron chi connectivity index (χ3n) is 3.96. The maximum atomic E-state index is 4.53. The van der Waals surface area contributed by atoms with Crippen molar-refractivity contribution in [2.75, 3.05) is 0 Å². The molecule has 1 aliphatic carbocycles. The second-order valence-corrected chi connectivity index (χ2v) is 6.10. The van der Waals surface area contributed by atoms with Gasteiger partial charge in [0.15, 0.2) is 0 Å². The second-order valence-electron chi connectivity index (χ2n) is 5.17. The lowest BCUT2D eigenvalue weighted by Gasteiger charge is -2.34. The van der Waals surface area contributed by atoms with Crippen molar-refractivity contribution in [1.82, 2.24) is 15.3 Å². The molecule has 1 unspecified atom stereocenters. The number of thiazole rings is 1. The summed E-state index contributed by atoms with van der Waals surface area (Å²) in [7, 11) is 0. The second kappa shape index (κ2) is 5.80. The SMILES string of the molecule is Cc1ncsc1CNC(c1ccccn1)C1CCC1. The van der Waals surface area contributed by atoms with Gasteiger partial charge in [-0.15, -0.1) is 11.3 Å². The first-order chi connectivity index (χ1) is 9.34. The monoisotopic (exact) mass is 273 g/mol. The lowest BCUT2D eigenvalue weighted by atomic mass is 9.78. The Kier molecular flexibility index (Phi) is 3.89. The van der Waals surface area contributed by atoms with E-state index < -0.39 is 0 Å². The predicted molar refractivity (Wildman–Crippen MR) is 78.0 cm³/mol. The van der Waals surface area contributed by atoms with Crippen molar-refractivity contribution in [3.63, 3.8) is 0 Å². The fourth-order valence-electron chi connectivity index (χ4n) is 2.54. The van der Waals surface area contributed by atoms with Crippen LogP contribution in [0.1, 0.15) is 41.6 Å². The van der Waals surface area contributed by atoms with Gasteiger partial charge in [-0.25, -0.2) is 4.98 Å². The van der Waals surface area contributed by atoms with E-state index in [1.807, 2.05) is 17.8 Å². The van der Waals surface area contributed by atoms with Crippen LogP contribution in [0, 0.1) is 12.8 Å². The van der Waals surface area contributed by atoms with E-state index in [-0.39, 0.29) is 0 Å². The van der Waals surface area contributed by atoms with Crippen LogP contribution in [0.5, 0.6) is 0 Å². The van der Waals surface area contributed by atoms with Gasteiger partial charge >= 0.3 is 0 Å². The van der Waals surface area contributed by atoms with Gasteiger partial charge in [-0.2, -0.15) is 0 Å². The van der Waals surface area contributed by atoms with Crippen LogP contribution in [0.15, 0.2) is 29.9 Å². The number of pyridine rings is 1. The first-order valence-corrected chi connectivity index (χ1v) is 7.76. The average molecular weight is 273 g/mol. The van der Waals surface area contributed by atoms with Crippen LogP contribution < -0.4 is 5.32 Å². The molecular formula is C15H19N3S. The molecule has 4 heteroatoms. The van der Waals surface area contributed by atoms with Crippen LogP contribution in [0.4, 0.5) is 0 Å². The molecule has 1 N–H and O–H groups in total. The molecule has 0 bridgehead atoms. The maximum Gasteiger partial charge on any atom is 0.0798 e. The standard InChI is InChI=1S/C15H19N3S/c1-11-14(19-10-18-11)9-17-15(12-5-4-6-12)13-7-2-3-8-16-13/h2-3,7-8,10,12,15,17H,4-6,9H2,1H3. The molecule has 19 heavy (non-hydrogen) atoms. The molecule has 0 amide bonds. The smallest absolute Gasteiger partial charge is 0.0798 e. The molecule has 3 rings (SSSR count). The lowest BCUT2D eigenvalue weighted by molar-refractivity contribution is 0.226. The fraction of sp³-hybridized carbons (Fsp3) is 0.467. The van der Waals surface area contributed by atoms with Gasteiger partial charge in [0.1, 0.15) is 0 Å². The number of aromatic nitrogens is 2. The van der Waals surface area contributed by atoms with Crippen LogP contribution in [-0.4, -0.2) is 9.97 Å². The Morgan fingerprint density at radius 3 is 2.84 bits per heavy atom. The summed E-state index contributed by atoms with van der Waals surface area (Å²) in [4.78, 5) is 10.2. The van der Waals surface area contributed by atoms with Gasteiger partial charge < -0.3 is 5.32 Å². The molecule has 3 nitrogen and oxygen atoms in total. The Balaban J connectivity index is 1.71. The highest BCUT2D eigenvalue weighted by Gasteiger charge is 2.29. The van der Waals surface area contributed by atoms with Gasteiger partial charge in [0.2, 0.25) is 0 Å². The zero-order chi connectivity index (χ0) is 13.1. The Morgan fingerprint density at radius 1 is 1.37 bits per heavy atom. The maximum absolute atomic E-state index is 4.53. The highest BCUT2D eigenvalue weighted by Crippen LogP contribution is 2.37. The number of aryl methyl sites for hydroxylation is 1. The summed E-state index contributed by atoms with van der Waals surface area (Å²) >= 11 is 1.73. The largest absolute Gasteiger partial charge is 0.303 e. The molecule has 1 fully saturated rings. The molecule has 0 aromatic carbocycles. The summed E-state index contributed by atoms with van der Waals surface area (Å²) in [6.07, 6.45) is 5.88. The molecule has 1 saturated carbocycles. The van der Waals surface area contributed by atoms with Crippen molar-refractivity contribution in [3.05, 3.63) is 46.2 Å². The van der Waals surface area contributed by atoms with Gasteiger partial charge in [-0.1, -0.05) is 12.5 Å². The Morgan fingerprint density at radius 2 is 2.26 bits per heavy atom. The molecule has 2 aromatic rings. The van der Waals surface area contributed by atoms with Gasteiger partial charge in [-0.05, 0) is 37.8 Å². The lowest BCUT2D eigenvalue weighted by Crippen LogP contribution is -2.32. The van der Waals surface area contributed by atoms with Crippen molar-refractivity contribution < 1.29 is 0 Å².